The third-order valence-electron chi connectivity index (χ3n) is 4.83. The van der Waals surface area contributed by atoms with Gasteiger partial charge in [-0.15, -0.1) is 0 Å². The van der Waals surface area contributed by atoms with Gasteiger partial charge in [0.15, 0.2) is 0 Å². The van der Waals surface area contributed by atoms with E-state index in [9.17, 15) is 0 Å². The highest BCUT2D eigenvalue weighted by Gasteiger charge is 2.59. The molecule has 14 heavy (non-hydrogen) atoms. The van der Waals surface area contributed by atoms with E-state index >= 15 is 0 Å². The van der Waals surface area contributed by atoms with Gasteiger partial charge in [0.1, 0.15) is 0 Å². The number of hydrazone groups is 1. The molecule has 80 valence electrons. The van der Waals surface area contributed by atoms with E-state index in [4.69, 9.17) is 0 Å². The van der Waals surface area contributed by atoms with Crippen molar-refractivity contribution in [2.24, 2.45) is 21.8 Å². The van der Waals surface area contributed by atoms with E-state index in [1.807, 2.05) is 19.1 Å². The van der Waals surface area contributed by atoms with Gasteiger partial charge >= 0.3 is 0 Å². The first-order valence-corrected chi connectivity index (χ1v) is 5.63. The minimum absolute atomic E-state index is 0.363. The number of hydrogen-bond acceptors (Lipinski definition) is 2. The predicted molar refractivity (Wildman–Crippen MR) is 60.4 cm³/mol. The van der Waals surface area contributed by atoms with Crippen LogP contribution in [0.25, 0.3) is 0 Å². The first-order valence-electron chi connectivity index (χ1n) is 5.63. The van der Waals surface area contributed by atoms with E-state index in [0.29, 0.717) is 10.8 Å². The molecule has 0 heterocycles. The maximum Gasteiger partial charge on any atom is 0.0447 e. The lowest BCUT2D eigenvalue weighted by Gasteiger charge is -2.34. The second-order valence-corrected chi connectivity index (χ2v) is 5.89. The fourth-order valence-electron chi connectivity index (χ4n) is 3.32. The summed E-state index contributed by atoms with van der Waals surface area (Å²) in [6.45, 7) is 7.24. The van der Waals surface area contributed by atoms with Crippen LogP contribution >= 0.6 is 0 Å². The van der Waals surface area contributed by atoms with Crippen LogP contribution < -0.4 is 0 Å². The average Bonchev–Trinajstić information content (AvgIpc) is 2.35. The quantitative estimate of drug-likeness (QED) is 0.586. The number of nitrogens with zero attached hydrogens (tertiary/aromatic N) is 2. The van der Waals surface area contributed by atoms with Crippen LogP contribution in [0.5, 0.6) is 0 Å². The lowest BCUT2D eigenvalue weighted by molar-refractivity contribution is 0.192. The molecule has 2 nitrogen and oxygen atoms in total. The van der Waals surface area contributed by atoms with Crippen molar-refractivity contribution in [2.45, 2.75) is 40.0 Å². The van der Waals surface area contributed by atoms with E-state index in [1.165, 1.54) is 25.0 Å². The van der Waals surface area contributed by atoms with Crippen molar-refractivity contribution >= 4 is 5.71 Å². The second kappa shape index (κ2) is 2.74. The molecule has 0 saturated heterocycles. The van der Waals surface area contributed by atoms with Crippen molar-refractivity contribution in [1.82, 2.24) is 5.01 Å². The fourth-order valence-corrected chi connectivity index (χ4v) is 3.32. The zero-order chi connectivity index (χ0) is 10.6. The Morgan fingerprint density at radius 1 is 1.29 bits per heavy atom. The molecule has 0 N–H and O–H groups in total. The Morgan fingerprint density at radius 2 is 1.93 bits per heavy atom. The van der Waals surface area contributed by atoms with Gasteiger partial charge < -0.3 is 5.01 Å². The lowest BCUT2D eigenvalue weighted by Crippen LogP contribution is -2.33. The van der Waals surface area contributed by atoms with Crippen molar-refractivity contribution < 1.29 is 0 Å². The monoisotopic (exact) mass is 194 g/mol. The Kier molecular flexibility index (Phi) is 1.96. The van der Waals surface area contributed by atoms with Crippen molar-refractivity contribution in [3.05, 3.63) is 0 Å². The van der Waals surface area contributed by atoms with Gasteiger partial charge in [0.05, 0.1) is 0 Å². The van der Waals surface area contributed by atoms with Crippen LogP contribution in [0.2, 0.25) is 0 Å². The Morgan fingerprint density at radius 3 is 2.29 bits per heavy atom. The zero-order valence-corrected chi connectivity index (χ0v) is 10.1. The first kappa shape index (κ1) is 10.0. The normalized spacial score (nSPS) is 42.1. The second-order valence-electron chi connectivity index (χ2n) is 5.89. The SMILES string of the molecule is CN(C)/N=C1/CC2CCC1(C)C2(C)C. The minimum atomic E-state index is 0.363. The molecule has 0 spiro atoms. The molecule has 2 aliphatic carbocycles. The van der Waals surface area contributed by atoms with Crippen LogP contribution in [0.15, 0.2) is 5.10 Å². The molecule has 0 aromatic rings. The molecule has 2 atom stereocenters. The standard InChI is InChI=1S/C12H22N2/c1-11(2)9-6-7-12(11,3)10(8-9)13-14(4)5/h9H,6-8H2,1-5H3/b13-10-. The third-order valence-corrected chi connectivity index (χ3v) is 4.83. The summed E-state index contributed by atoms with van der Waals surface area (Å²) in [5.74, 6) is 0.867. The summed E-state index contributed by atoms with van der Waals surface area (Å²) in [7, 11) is 4.05. The van der Waals surface area contributed by atoms with Crippen LogP contribution in [0.4, 0.5) is 0 Å². The first-order chi connectivity index (χ1) is 6.38. The van der Waals surface area contributed by atoms with Gasteiger partial charge in [0, 0.05) is 25.2 Å². The summed E-state index contributed by atoms with van der Waals surface area (Å²) in [5, 5.41) is 6.63. The van der Waals surface area contributed by atoms with E-state index in [0.717, 1.165) is 5.92 Å². The lowest BCUT2D eigenvalue weighted by atomic mass is 9.70. The Bertz CT molecular complexity index is 278. The Balaban J connectivity index is 2.36. The van der Waals surface area contributed by atoms with Gasteiger partial charge in [-0.25, -0.2) is 0 Å². The van der Waals surface area contributed by atoms with Crippen LogP contribution in [0.3, 0.4) is 0 Å². The molecule has 2 bridgehead atoms. The van der Waals surface area contributed by atoms with Crippen molar-refractivity contribution in [3.8, 4) is 0 Å². The van der Waals surface area contributed by atoms with Crippen LogP contribution in [-0.4, -0.2) is 24.8 Å². The van der Waals surface area contributed by atoms with E-state index in [1.54, 1.807) is 0 Å². The summed E-state index contributed by atoms with van der Waals surface area (Å²) in [6, 6.07) is 0. The molecular formula is C12H22N2. The van der Waals surface area contributed by atoms with E-state index in [-0.39, 0.29) is 0 Å². The zero-order valence-electron chi connectivity index (χ0n) is 10.1. The summed E-state index contributed by atoms with van der Waals surface area (Å²) in [4.78, 5) is 0. The van der Waals surface area contributed by atoms with Crippen molar-refractivity contribution in [3.63, 3.8) is 0 Å². The topological polar surface area (TPSA) is 15.6 Å². The molecule has 0 aliphatic heterocycles. The minimum Gasteiger partial charge on any atom is -0.303 e. The summed E-state index contributed by atoms with van der Waals surface area (Å²) in [6.07, 6.45) is 3.95. The molecule has 2 heteroatoms. The Hall–Kier alpha value is -0.530. The Labute approximate surface area is 87.4 Å². The smallest absolute Gasteiger partial charge is 0.0447 e. The van der Waals surface area contributed by atoms with Gasteiger partial charge in [-0.2, -0.15) is 5.10 Å². The highest BCUT2D eigenvalue weighted by atomic mass is 15.4. The van der Waals surface area contributed by atoms with E-state index < -0.39 is 0 Å². The summed E-state index contributed by atoms with van der Waals surface area (Å²) in [5.41, 5.74) is 2.26. The molecule has 2 saturated carbocycles. The van der Waals surface area contributed by atoms with Gasteiger partial charge in [-0.05, 0) is 30.6 Å². The summed E-state index contributed by atoms with van der Waals surface area (Å²) >= 11 is 0. The molecule has 0 aromatic heterocycles. The molecule has 2 fully saturated rings. The molecule has 2 aliphatic rings. The van der Waals surface area contributed by atoms with Gasteiger partial charge in [0.25, 0.3) is 0 Å². The van der Waals surface area contributed by atoms with Gasteiger partial charge in [-0.1, -0.05) is 20.8 Å². The van der Waals surface area contributed by atoms with E-state index in [2.05, 4.69) is 25.9 Å². The molecule has 0 radical (unpaired) electrons. The maximum absolute atomic E-state index is 4.68. The van der Waals surface area contributed by atoms with Crippen LogP contribution in [0, 0.1) is 16.7 Å². The van der Waals surface area contributed by atoms with Crippen LogP contribution in [-0.2, 0) is 0 Å². The molecule has 2 unspecified atom stereocenters. The molecular weight excluding hydrogens is 172 g/mol. The third kappa shape index (κ3) is 1.06. The number of fused-ring (bicyclic) bond motifs is 2. The van der Waals surface area contributed by atoms with Crippen molar-refractivity contribution in [2.75, 3.05) is 14.1 Å². The number of hydrogen-bond donors (Lipinski definition) is 0. The molecule has 0 amide bonds. The summed E-state index contributed by atoms with van der Waals surface area (Å²) < 4.78 is 0. The van der Waals surface area contributed by atoms with Gasteiger partial charge in [-0.3, -0.25) is 0 Å². The molecule has 2 rings (SSSR count). The fraction of sp³-hybridized carbons (Fsp3) is 0.917. The van der Waals surface area contributed by atoms with Crippen LogP contribution in [0.1, 0.15) is 40.0 Å². The van der Waals surface area contributed by atoms with Crippen molar-refractivity contribution in [1.29, 1.82) is 0 Å². The highest BCUT2D eigenvalue weighted by Crippen LogP contribution is 2.63. The number of rotatable bonds is 1. The average molecular weight is 194 g/mol. The molecule has 0 aromatic carbocycles. The highest BCUT2D eigenvalue weighted by molar-refractivity contribution is 5.94. The predicted octanol–water partition coefficient (Wildman–Crippen LogP) is 2.75. The maximum atomic E-state index is 4.68. The largest absolute Gasteiger partial charge is 0.303 e. The van der Waals surface area contributed by atoms with Gasteiger partial charge in [0.2, 0.25) is 0 Å².